The van der Waals surface area contributed by atoms with Crippen LogP contribution < -0.4 is 0 Å². The van der Waals surface area contributed by atoms with Gasteiger partial charge in [0.2, 0.25) is 0 Å². The Morgan fingerprint density at radius 2 is 1.70 bits per heavy atom. The fourth-order valence-electron chi connectivity index (χ4n) is 2.32. The van der Waals surface area contributed by atoms with Crippen LogP contribution in [-0.2, 0) is 11.8 Å². The van der Waals surface area contributed by atoms with E-state index in [2.05, 4.69) is 56.7 Å². The summed E-state index contributed by atoms with van der Waals surface area (Å²) >= 11 is 5.92. The molecule has 0 atom stereocenters. The molecule has 3 heteroatoms. The van der Waals surface area contributed by atoms with E-state index in [-0.39, 0.29) is 5.41 Å². The smallest absolute Gasteiger partial charge is 0.134 e. The Bertz CT molecular complexity index is 604. The summed E-state index contributed by atoms with van der Waals surface area (Å²) in [6.45, 7) is 11.0. The van der Waals surface area contributed by atoms with Gasteiger partial charge in [0.05, 0.1) is 0 Å². The van der Waals surface area contributed by atoms with E-state index >= 15 is 0 Å². The van der Waals surface area contributed by atoms with Crippen LogP contribution in [0.3, 0.4) is 0 Å². The maximum absolute atomic E-state index is 5.92. The average molecular weight is 289 g/mol. The quantitative estimate of drug-likeness (QED) is 0.753. The molecule has 0 saturated carbocycles. The first kappa shape index (κ1) is 15.0. The molecule has 0 spiro atoms. The summed E-state index contributed by atoms with van der Waals surface area (Å²) in [6.07, 6.45) is 2.43. The van der Waals surface area contributed by atoms with Gasteiger partial charge in [0.15, 0.2) is 0 Å². The highest BCUT2D eigenvalue weighted by Gasteiger charge is 2.16. The molecule has 0 aliphatic heterocycles. The van der Waals surface area contributed by atoms with Crippen molar-refractivity contribution in [2.45, 2.75) is 46.5 Å². The predicted octanol–water partition coefficient (Wildman–Crippen LogP) is 4.64. The van der Waals surface area contributed by atoms with E-state index < -0.39 is 0 Å². The standard InChI is InChI=1S/C17H21ClN2/c1-11-8-13(17(3,4)5)9-12(2)14(11)10-16-19-7-6-15(18)20-16/h6-9H,10H2,1-5H3. The lowest BCUT2D eigenvalue weighted by molar-refractivity contribution is 0.588. The molecule has 20 heavy (non-hydrogen) atoms. The highest BCUT2D eigenvalue weighted by molar-refractivity contribution is 6.29. The van der Waals surface area contributed by atoms with Gasteiger partial charge in [0.1, 0.15) is 11.0 Å². The van der Waals surface area contributed by atoms with Gasteiger partial charge in [0.25, 0.3) is 0 Å². The van der Waals surface area contributed by atoms with Crippen LogP contribution >= 0.6 is 11.6 Å². The molecule has 1 aromatic heterocycles. The van der Waals surface area contributed by atoms with Crippen molar-refractivity contribution in [2.24, 2.45) is 0 Å². The molecular formula is C17H21ClN2. The Kier molecular flexibility index (Phi) is 4.14. The van der Waals surface area contributed by atoms with Crippen LogP contribution in [0.1, 0.15) is 48.8 Å². The number of halogens is 1. The number of aromatic nitrogens is 2. The van der Waals surface area contributed by atoms with Gasteiger partial charge in [-0.1, -0.05) is 44.5 Å². The van der Waals surface area contributed by atoms with Gasteiger partial charge in [-0.15, -0.1) is 0 Å². The molecule has 0 fully saturated rings. The fraction of sp³-hybridized carbons (Fsp3) is 0.412. The lowest BCUT2D eigenvalue weighted by Crippen LogP contribution is -2.13. The zero-order valence-electron chi connectivity index (χ0n) is 12.8. The van der Waals surface area contributed by atoms with Crippen LogP contribution in [0.2, 0.25) is 5.15 Å². The first-order valence-corrected chi connectivity index (χ1v) is 7.23. The van der Waals surface area contributed by atoms with Crippen LogP contribution in [0.4, 0.5) is 0 Å². The summed E-state index contributed by atoms with van der Waals surface area (Å²) in [7, 11) is 0. The van der Waals surface area contributed by atoms with E-state index in [4.69, 9.17) is 11.6 Å². The molecule has 2 aromatic rings. The molecule has 106 valence electrons. The third-order valence-corrected chi connectivity index (χ3v) is 3.78. The average Bonchev–Trinajstić information content (AvgIpc) is 2.32. The summed E-state index contributed by atoms with van der Waals surface area (Å²) in [5, 5.41) is 0.497. The molecule has 1 heterocycles. The van der Waals surface area contributed by atoms with Gasteiger partial charge in [-0.25, -0.2) is 9.97 Å². The normalized spacial score (nSPS) is 11.7. The van der Waals surface area contributed by atoms with Gasteiger partial charge in [0, 0.05) is 12.6 Å². The van der Waals surface area contributed by atoms with Crippen LogP contribution in [-0.4, -0.2) is 9.97 Å². The molecule has 0 amide bonds. The maximum Gasteiger partial charge on any atom is 0.134 e. The van der Waals surface area contributed by atoms with Crippen LogP contribution in [0.15, 0.2) is 24.4 Å². The number of hydrogen-bond acceptors (Lipinski definition) is 2. The van der Waals surface area contributed by atoms with Crippen molar-refractivity contribution in [3.63, 3.8) is 0 Å². The fourth-order valence-corrected chi connectivity index (χ4v) is 2.48. The molecule has 0 N–H and O–H groups in total. The first-order valence-electron chi connectivity index (χ1n) is 6.85. The molecule has 2 rings (SSSR count). The lowest BCUT2D eigenvalue weighted by Gasteiger charge is -2.22. The topological polar surface area (TPSA) is 25.8 Å². The minimum absolute atomic E-state index is 0.167. The summed E-state index contributed by atoms with van der Waals surface area (Å²) < 4.78 is 0. The second kappa shape index (κ2) is 5.53. The van der Waals surface area contributed by atoms with Crippen molar-refractivity contribution in [2.75, 3.05) is 0 Å². The molecule has 0 unspecified atom stereocenters. The number of aryl methyl sites for hydroxylation is 2. The van der Waals surface area contributed by atoms with Crippen molar-refractivity contribution in [1.82, 2.24) is 9.97 Å². The van der Waals surface area contributed by atoms with Crippen molar-refractivity contribution in [1.29, 1.82) is 0 Å². The second-order valence-corrected chi connectivity index (χ2v) is 6.70. The SMILES string of the molecule is Cc1cc(C(C)(C)C)cc(C)c1Cc1nccc(Cl)n1. The molecular weight excluding hydrogens is 268 g/mol. The van der Waals surface area contributed by atoms with Crippen molar-refractivity contribution >= 4 is 11.6 Å². The molecule has 1 aromatic carbocycles. The Morgan fingerprint density at radius 1 is 1.10 bits per heavy atom. The molecule has 0 aliphatic rings. The highest BCUT2D eigenvalue weighted by atomic mass is 35.5. The van der Waals surface area contributed by atoms with E-state index in [9.17, 15) is 0 Å². The summed E-state index contributed by atoms with van der Waals surface area (Å²) in [6, 6.07) is 6.24. The number of benzene rings is 1. The van der Waals surface area contributed by atoms with Crippen molar-refractivity contribution < 1.29 is 0 Å². The third kappa shape index (κ3) is 3.37. The Labute approximate surface area is 126 Å². The molecule has 0 saturated heterocycles. The minimum atomic E-state index is 0.167. The van der Waals surface area contributed by atoms with Crippen molar-refractivity contribution in [3.05, 3.63) is 57.6 Å². The van der Waals surface area contributed by atoms with E-state index in [1.165, 1.54) is 22.3 Å². The third-order valence-electron chi connectivity index (χ3n) is 3.57. The largest absolute Gasteiger partial charge is 0.241 e. The zero-order valence-corrected chi connectivity index (χ0v) is 13.5. The second-order valence-electron chi connectivity index (χ2n) is 6.31. The van der Waals surface area contributed by atoms with Crippen molar-refractivity contribution in [3.8, 4) is 0 Å². The summed E-state index contributed by atoms with van der Waals surface area (Å²) in [5.41, 5.74) is 5.40. The van der Waals surface area contributed by atoms with E-state index in [0.29, 0.717) is 5.15 Å². The van der Waals surface area contributed by atoms with Gasteiger partial charge in [-0.2, -0.15) is 0 Å². The number of hydrogen-bond donors (Lipinski definition) is 0. The monoisotopic (exact) mass is 288 g/mol. The maximum atomic E-state index is 5.92. The Hall–Kier alpha value is -1.41. The Balaban J connectivity index is 2.38. The van der Waals surface area contributed by atoms with E-state index in [1.54, 1.807) is 12.3 Å². The Morgan fingerprint density at radius 3 is 2.20 bits per heavy atom. The highest BCUT2D eigenvalue weighted by Crippen LogP contribution is 2.27. The molecule has 0 bridgehead atoms. The number of rotatable bonds is 2. The van der Waals surface area contributed by atoms with Crippen LogP contribution in [0.25, 0.3) is 0 Å². The predicted molar refractivity (Wildman–Crippen MR) is 84.5 cm³/mol. The molecule has 0 aliphatic carbocycles. The van der Waals surface area contributed by atoms with Gasteiger partial charge in [-0.3, -0.25) is 0 Å². The van der Waals surface area contributed by atoms with Gasteiger partial charge in [-0.05, 0) is 47.6 Å². The van der Waals surface area contributed by atoms with Crippen LogP contribution in [0, 0.1) is 13.8 Å². The van der Waals surface area contributed by atoms with Crippen LogP contribution in [0.5, 0.6) is 0 Å². The molecule has 2 nitrogen and oxygen atoms in total. The van der Waals surface area contributed by atoms with E-state index in [0.717, 1.165) is 12.2 Å². The van der Waals surface area contributed by atoms with Gasteiger partial charge < -0.3 is 0 Å². The minimum Gasteiger partial charge on any atom is -0.241 e. The first-order chi connectivity index (χ1) is 9.27. The summed E-state index contributed by atoms with van der Waals surface area (Å²) in [4.78, 5) is 8.57. The lowest BCUT2D eigenvalue weighted by atomic mass is 9.83. The number of nitrogens with zero attached hydrogens (tertiary/aromatic N) is 2. The zero-order chi connectivity index (χ0) is 14.9. The summed E-state index contributed by atoms with van der Waals surface area (Å²) in [5.74, 6) is 0.771. The van der Waals surface area contributed by atoms with Gasteiger partial charge >= 0.3 is 0 Å². The van der Waals surface area contributed by atoms with E-state index in [1.807, 2.05) is 0 Å². The molecule has 0 radical (unpaired) electrons.